The van der Waals surface area contributed by atoms with E-state index in [0.29, 0.717) is 19.9 Å². The smallest absolute Gasteiger partial charge is 0.347 e. The Morgan fingerprint density at radius 2 is 1.57 bits per heavy atom. The third-order valence-corrected chi connectivity index (χ3v) is 8.42. The Hall–Kier alpha value is -3.43. The lowest BCUT2D eigenvalue weighted by Crippen LogP contribution is -2.40. The molecular formula is C28H15Br2FO6. The third kappa shape index (κ3) is 3.20. The van der Waals surface area contributed by atoms with Gasteiger partial charge >= 0.3 is 11.6 Å². The fourth-order valence-electron chi connectivity index (χ4n) is 5.65. The van der Waals surface area contributed by atoms with Gasteiger partial charge in [0.2, 0.25) is 0 Å². The van der Waals surface area contributed by atoms with E-state index in [4.69, 9.17) is 9.15 Å². The van der Waals surface area contributed by atoms with Crippen LogP contribution in [-0.2, 0) is 4.79 Å². The summed E-state index contributed by atoms with van der Waals surface area (Å²) in [6.07, 6.45) is 0. The van der Waals surface area contributed by atoms with E-state index in [2.05, 4.69) is 31.9 Å². The molecule has 2 heterocycles. The van der Waals surface area contributed by atoms with E-state index >= 15 is 0 Å². The predicted molar refractivity (Wildman–Crippen MR) is 138 cm³/mol. The van der Waals surface area contributed by atoms with Gasteiger partial charge in [-0.2, -0.15) is 0 Å². The summed E-state index contributed by atoms with van der Waals surface area (Å²) < 4.78 is 25.9. The summed E-state index contributed by atoms with van der Waals surface area (Å²) >= 11 is 6.76. The van der Waals surface area contributed by atoms with Crippen LogP contribution in [0.1, 0.15) is 39.1 Å². The number of rotatable bonds is 4. The number of carbonyl (C=O) groups excluding carboxylic acids is 3. The quantitative estimate of drug-likeness (QED) is 0.0878. The minimum atomic E-state index is -2.01. The van der Waals surface area contributed by atoms with Crippen LogP contribution in [-0.4, -0.2) is 17.5 Å². The molecule has 3 aromatic carbocycles. The van der Waals surface area contributed by atoms with Crippen LogP contribution in [0.25, 0.3) is 11.0 Å². The average molecular weight is 626 g/mol. The van der Waals surface area contributed by atoms with Crippen molar-refractivity contribution in [2.45, 2.75) is 12.8 Å². The Balaban J connectivity index is 1.59. The molecule has 184 valence electrons. The number of carbonyl (C=O) groups is 3. The predicted octanol–water partition coefficient (Wildman–Crippen LogP) is 6.23. The van der Waals surface area contributed by atoms with Gasteiger partial charge in [0, 0.05) is 31.4 Å². The number of ketones is 2. The lowest BCUT2D eigenvalue weighted by molar-refractivity contribution is -0.140. The number of ether oxygens (including phenoxy) is 1. The molecule has 9 heteroatoms. The fraction of sp³-hybridized carbons (Fsp3) is 0.143. The Labute approximate surface area is 225 Å². The Morgan fingerprint density at radius 3 is 2.30 bits per heavy atom. The van der Waals surface area contributed by atoms with Crippen molar-refractivity contribution >= 4 is 60.4 Å². The van der Waals surface area contributed by atoms with Crippen molar-refractivity contribution in [1.29, 1.82) is 0 Å². The molecule has 6 nitrogen and oxygen atoms in total. The first kappa shape index (κ1) is 23.9. The molecule has 0 spiro atoms. The van der Waals surface area contributed by atoms with Gasteiger partial charge in [0.25, 0.3) is 0 Å². The highest BCUT2D eigenvalue weighted by molar-refractivity contribution is 9.10. The molecular weight excluding hydrogens is 611 g/mol. The fourth-order valence-corrected chi connectivity index (χ4v) is 6.40. The third-order valence-electron chi connectivity index (χ3n) is 7.43. The van der Waals surface area contributed by atoms with Gasteiger partial charge in [-0.1, -0.05) is 38.8 Å². The monoisotopic (exact) mass is 624 g/mol. The van der Waals surface area contributed by atoms with Crippen LogP contribution >= 0.6 is 31.9 Å². The van der Waals surface area contributed by atoms with Gasteiger partial charge in [-0.3, -0.25) is 14.4 Å². The normalized spacial score (nSPS) is 23.7. The zero-order chi connectivity index (χ0) is 26.3. The van der Waals surface area contributed by atoms with Crippen LogP contribution in [0.15, 0.2) is 84.9 Å². The summed E-state index contributed by atoms with van der Waals surface area (Å²) in [5, 5.41) is 0.463. The highest BCUT2D eigenvalue weighted by atomic mass is 79.9. The molecule has 2 aliphatic rings. The summed E-state index contributed by atoms with van der Waals surface area (Å²) in [5.41, 5.74) is -4.03. The molecule has 4 aromatic rings. The first-order chi connectivity index (χ1) is 17.6. The molecule has 0 unspecified atom stereocenters. The minimum Gasteiger partial charge on any atom is -0.425 e. The molecule has 6 rings (SSSR count). The molecule has 37 heavy (non-hydrogen) atoms. The van der Waals surface area contributed by atoms with Crippen molar-refractivity contribution < 1.29 is 27.9 Å². The number of hydrogen-bond donors (Lipinski definition) is 0. The lowest BCUT2D eigenvalue weighted by atomic mass is 9.82. The Bertz CT molecular complexity index is 1740. The van der Waals surface area contributed by atoms with Gasteiger partial charge in [-0.25, -0.2) is 9.18 Å². The maximum absolute atomic E-state index is 14.2. The lowest BCUT2D eigenvalue weighted by Gasteiger charge is -2.22. The molecule has 0 bridgehead atoms. The van der Waals surface area contributed by atoms with Crippen LogP contribution in [0.4, 0.5) is 4.39 Å². The number of hydrogen-bond acceptors (Lipinski definition) is 6. The van der Waals surface area contributed by atoms with E-state index in [-0.39, 0.29) is 22.5 Å². The first-order valence-electron chi connectivity index (χ1n) is 11.2. The molecule has 1 saturated carbocycles. The van der Waals surface area contributed by atoms with E-state index in [9.17, 15) is 23.6 Å². The SMILES string of the molecule is C[C@]1(C(=O)c2ccc(F)cc2)[C@H]2c3cc(Br)ccc3OC(=O)[C@@]21C(=O)c1cc2cc(Br)ccc2oc1=O. The number of halogens is 3. The van der Waals surface area contributed by atoms with Crippen LogP contribution < -0.4 is 10.4 Å². The summed E-state index contributed by atoms with van der Waals surface area (Å²) in [4.78, 5) is 54.8. The molecule has 0 saturated heterocycles. The largest absolute Gasteiger partial charge is 0.425 e. The summed E-state index contributed by atoms with van der Waals surface area (Å²) in [6.45, 7) is 1.51. The van der Waals surface area contributed by atoms with Crippen LogP contribution in [0.5, 0.6) is 5.75 Å². The molecule has 1 fully saturated rings. The van der Waals surface area contributed by atoms with E-state index in [0.717, 1.165) is 12.1 Å². The molecule has 0 N–H and O–H groups in total. The molecule has 0 amide bonds. The van der Waals surface area contributed by atoms with Crippen LogP contribution in [0.2, 0.25) is 0 Å². The number of fused-ring (bicyclic) bond motifs is 4. The minimum absolute atomic E-state index is 0.129. The standard InChI is InChI=1S/C28H15Br2FO6/c1-27(23(32)13-2-6-17(31)7-3-13)22-18-12-16(30)5-9-21(18)37-26(35)28(22,27)24(33)19-11-14-10-15(29)4-8-20(14)36-25(19)34/h2-12,22H,1H3/t22-,27-,28+/m1/s1. The molecule has 1 aliphatic carbocycles. The van der Waals surface area contributed by atoms with E-state index in [1.54, 1.807) is 36.4 Å². The topological polar surface area (TPSA) is 90.7 Å². The summed E-state index contributed by atoms with van der Waals surface area (Å²) in [6, 6.07) is 16.1. The zero-order valence-corrected chi connectivity index (χ0v) is 22.2. The van der Waals surface area contributed by atoms with Gasteiger partial charge in [0.15, 0.2) is 17.0 Å². The van der Waals surface area contributed by atoms with Gasteiger partial charge < -0.3 is 9.15 Å². The Morgan fingerprint density at radius 1 is 0.892 bits per heavy atom. The maximum atomic E-state index is 14.2. The molecule has 1 aromatic heterocycles. The van der Waals surface area contributed by atoms with Gasteiger partial charge in [0.1, 0.15) is 22.7 Å². The second-order valence-electron chi connectivity index (χ2n) is 9.31. The van der Waals surface area contributed by atoms with Gasteiger partial charge in [-0.05, 0) is 66.7 Å². The number of Topliss-reactive ketones (excluding diaryl/α,β-unsaturated/α-hetero) is 2. The van der Waals surface area contributed by atoms with Gasteiger partial charge in [0.05, 0.1) is 5.41 Å². The van der Waals surface area contributed by atoms with Crippen molar-refractivity contribution in [2.75, 3.05) is 0 Å². The zero-order valence-electron chi connectivity index (χ0n) is 19.0. The van der Waals surface area contributed by atoms with E-state index < -0.39 is 45.7 Å². The molecule has 1 aliphatic heterocycles. The average Bonchev–Trinajstić information content (AvgIpc) is 3.47. The van der Waals surface area contributed by atoms with E-state index in [1.807, 2.05) is 0 Å². The maximum Gasteiger partial charge on any atom is 0.347 e. The first-order valence-corrected chi connectivity index (χ1v) is 12.8. The summed E-state index contributed by atoms with van der Waals surface area (Å²) in [7, 11) is 0. The second kappa shape index (κ2) is 8.03. The Kier molecular flexibility index (Phi) is 5.20. The molecule has 0 radical (unpaired) electrons. The van der Waals surface area contributed by atoms with Crippen molar-refractivity contribution in [3.8, 4) is 5.75 Å². The van der Waals surface area contributed by atoms with Crippen LogP contribution in [0.3, 0.4) is 0 Å². The number of esters is 1. The van der Waals surface area contributed by atoms with Gasteiger partial charge in [-0.15, -0.1) is 0 Å². The van der Waals surface area contributed by atoms with Crippen molar-refractivity contribution in [1.82, 2.24) is 0 Å². The van der Waals surface area contributed by atoms with E-state index in [1.165, 1.54) is 25.1 Å². The number of benzene rings is 3. The molecule has 3 atom stereocenters. The van der Waals surface area contributed by atoms with Crippen molar-refractivity contribution in [3.05, 3.63) is 109 Å². The van der Waals surface area contributed by atoms with Crippen molar-refractivity contribution in [2.24, 2.45) is 10.8 Å². The van der Waals surface area contributed by atoms with Crippen LogP contribution in [0, 0.1) is 16.6 Å². The second-order valence-corrected chi connectivity index (χ2v) is 11.1. The highest BCUT2D eigenvalue weighted by Crippen LogP contribution is 2.79. The van der Waals surface area contributed by atoms with Crippen molar-refractivity contribution in [3.63, 3.8) is 0 Å². The highest BCUT2D eigenvalue weighted by Gasteiger charge is 2.87. The summed E-state index contributed by atoms with van der Waals surface area (Å²) in [5.74, 6) is -3.55.